The highest BCUT2D eigenvalue weighted by Gasteiger charge is 2.20. The zero-order chi connectivity index (χ0) is 18.2. The van der Waals surface area contributed by atoms with Crippen LogP contribution in [0.25, 0.3) is 6.08 Å². The van der Waals surface area contributed by atoms with Crippen molar-refractivity contribution in [3.05, 3.63) is 54.1 Å². The van der Waals surface area contributed by atoms with Gasteiger partial charge in [-0.15, -0.1) is 22.6 Å². The third-order valence-electron chi connectivity index (χ3n) is 4.21. The highest BCUT2D eigenvalue weighted by Crippen LogP contribution is 2.15. The largest absolute Gasteiger partial charge is 0.477 e. The number of carbonyl (C=O) groups excluding carboxylic acids is 1. The minimum Gasteiger partial charge on any atom is -0.477 e. The normalized spacial score (nSPS) is 14.1. The molecule has 27 heavy (non-hydrogen) atoms. The van der Waals surface area contributed by atoms with E-state index in [9.17, 15) is 4.79 Å². The highest BCUT2D eigenvalue weighted by atomic mass is 35.5. The van der Waals surface area contributed by atoms with Gasteiger partial charge in [-0.05, 0) is 24.1 Å². The van der Waals surface area contributed by atoms with Crippen LogP contribution in [0.5, 0.6) is 5.88 Å². The van der Waals surface area contributed by atoms with Gasteiger partial charge in [0, 0.05) is 38.3 Å². The number of carbonyl (C=O) groups is 1. The fourth-order valence-corrected chi connectivity index (χ4v) is 2.76. The van der Waals surface area contributed by atoms with Crippen molar-refractivity contribution in [2.75, 3.05) is 37.7 Å². The Morgan fingerprint density at radius 3 is 2.44 bits per heavy atom. The van der Waals surface area contributed by atoms with Gasteiger partial charge in [-0.2, -0.15) is 0 Å². The molecule has 0 bridgehead atoms. The Bertz CT molecular complexity index is 729. The van der Waals surface area contributed by atoms with E-state index < -0.39 is 0 Å². The third-order valence-corrected chi connectivity index (χ3v) is 4.21. The SMILES string of the molecule is CCCOc1ccc(N2CCN(C(=O)C=Cc3ccccc3)CC2)nn1.Cl. The van der Waals surface area contributed by atoms with Gasteiger partial charge in [0.1, 0.15) is 0 Å². The molecule has 3 rings (SSSR count). The van der Waals surface area contributed by atoms with E-state index in [1.165, 1.54) is 0 Å². The Kier molecular flexibility index (Phi) is 8.07. The van der Waals surface area contributed by atoms with Gasteiger partial charge < -0.3 is 14.5 Å². The van der Waals surface area contributed by atoms with Gasteiger partial charge in [-0.3, -0.25) is 4.79 Å². The second-order valence-corrected chi connectivity index (χ2v) is 6.13. The summed E-state index contributed by atoms with van der Waals surface area (Å²) in [4.78, 5) is 16.3. The zero-order valence-electron chi connectivity index (χ0n) is 15.5. The maximum absolute atomic E-state index is 12.3. The molecule has 6 nitrogen and oxygen atoms in total. The molecule has 1 fully saturated rings. The average Bonchev–Trinajstić information content (AvgIpc) is 2.72. The van der Waals surface area contributed by atoms with E-state index in [1.54, 1.807) is 6.08 Å². The van der Waals surface area contributed by atoms with E-state index in [2.05, 4.69) is 22.0 Å². The van der Waals surface area contributed by atoms with Gasteiger partial charge >= 0.3 is 0 Å². The molecule has 2 heterocycles. The molecule has 1 amide bonds. The van der Waals surface area contributed by atoms with Crippen LogP contribution in [0.3, 0.4) is 0 Å². The van der Waals surface area contributed by atoms with Crippen LogP contribution in [-0.2, 0) is 4.79 Å². The Morgan fingerprint density at radius 1 is 1.07 bits per heavy atom. The maximum atomic E-state index is 12.3. The lowest BCUT2D eigenvalue weighted by atomic mass is 10.2. The smallest absolute Gasteiger partial charge is 0.246 e. The maximum Gasteiger partial charge on any atom is 0.246 e. The first kappa shape index (κ1) is 20.7. The molecule has 1 aliphatic rings. The Balaban J connectivity index is 0.00000261. The monoisotopic (exact) mass is 388 g/mol. The number of amides is 1. The molecular weight excluding hydrogens is 364 g/mol. The number of rotatable bonds is 6. The lowest BCUT2D eigenvalue weighted by molar-refractivity contribution is -0.126. The van der Waals surface area contributed by atoms with Gasteiger partial charge in [-0.1, -0.05) is 37.3 Å². The molecule has 1 aromatic carbocycles. The van der Waals surface area contributed by atoms with Gasteiger partial charge in [-0.25, -0.2) is 0 Å². The number of nitrogens with zero attached hydrogens (tertiary/aromatic N) is 4. The van der Waals surface area contributed by atoms with Crippen molar-refractivity contribution in [3.63, 3.8) is 0 Å². The minimum absolute atomic E-state index is 0. The van der Waals surface area contributed by atoms with E-state index in [4.69, 9.17) is 4.74 Å². The van der Waals surface area contributed by atoms with Gasteiger partial charge in [0.15, 0.2) is 5.82 Å². The van der Waals surface area contributed by atoms with Crippen molar-refractivity contribution in [2.24, 2.45) is 0 Å². The topological polar surface area (TPSA) is 58.6 Å². The predicted octanol–water partition coefficient (Wildman–Crippen LogP) is 3.05. The first-order chi connectivity index (χ1) is 12.8. The summed E-state index contributed by atoms with van der Waals surface area (Å²) in [5, 5.41) is 8.34. The molecule has 1 saturated heterocycles. The summed E-state index contributed by atoms with van der Waals surface area (Å²) in [6.07, 6.45) is 4.44. The summed E-state index contributed by atoms with van der Waals surface area (Å²) in [5.41, 5.74) is 1.03. The molecule has 0 radical (unpaired) electrons. The first-order valence-electron chi connectivity index (χ1n) is 9.00. The molecule has 0 aliphatic carbocycles. The quantitative estimate of drug-likeness (QED) is 0.712. The number of hydrogen-bond donors (Lipinski definition) is 0. The van der Waals surface area contributed by atoms with E-state index in [0.717, 1.165) is 30.9 Å². The zero-order valence-corrected chi connectivity index (χ0v) is 16.3. The van der Waals surface area contributed by atoms with Crippen molar-refractivity contribution in [1.82, 2.24) is 15.1 Å². The standard InChI is InChI=1S/C20H24N4O2.ClH/c1-2-16-26-19-10-9-18(21-22-19)23-12-14-24(15-13-23)20(25)11-8-17-6-4-3-5-7-17;/h3-11H,2,12-16H2,1H3;1H. The molecule has 144 valence electrons. The van der Waals surface area contributed by atoms with Crippen LogP contribution >= 0.6 is 12.4 Å². The molecule has 1 aromatic heterocycles. The fraction of sp³-hybridized carbons (Fsp3) is 0.350. The van der Waals surface area contributed by atoms with Crippen LogP contribution < -0.4 is 9.64 Å². The molecule has 7 heteroatoms. The van der Waals surface area contributed by atoms with E-state index >= 15 is 0 Å². The number of ether oxygens (including phenoxy) is 1. The summed E-state index contributed by atoms with van der Waals surface area (Å²) in [7, 11) is 0. The van der Waals surface area contributed by atoms with Gasteiger partial charge in [0.25, 0.3) is 0 Å². The predicted molar refractivity (Wildman–Crippen MR) is 109 cm³/mol. The lowest BCUT2D eigenvalue weighted by Gasteiger charge is -2.34. The lowest BCUT2D eigenvalue weighted by Crippen LogP contribution is -2.48. The van der Waals surface area contributed by atoms with Crippen LogP contribution in [0.2, 0.25) is 0 Å². The molecule has 0 N–H and O–H groups in total. The Labute approximate surface area is 166 Å². The summed E-state index contributed by atoms with van der Waals surface area (Å²) < 4.78 is 5.46. The number of benzene rings is 1. The number of aromatic nitrogens is 2. The summed E-state index contributed by atoms with van der Waals surface area (Å²) in [5.74, 6) is 1.42. The van der Waals surface area contributed by atoms with Crippen molar-refractivity contribution >= 4 is 30.2 Å². The van der Waals surface area contributed by atoms with Gasteiger partial charge in [0.05, 0.1) is 6.61 Å². The van der Waals surface area contributed by atoms with E-state index in [0.29, 0.717) is 25.6 Å². The molecule has 0 atom stereocenters. The molecule has 0 spiro atoms. The second kappa shape index (κ2) is 10.5. The van der Waals surface area contributed by atoms with Crippen LogP contribution in [0.15, 0.2) is 48.5 Å². The van der Waals surface area contributed by atoms with Gasteiger partial charge in [0.2, 0.25) is 11.8 Å². The van der Waals surface area contributed by atoms with Crippen molar-refractivity contribution < 1.29 is 9.53 Å². The summed E-state index contributed by atoms with van der Waals surface area (Å²) in [6.45, 7) is 5.54. The van der Waals surface area contributed by atoms with Crippen LogP contribution in [0.1, 0.15) is 18.9 Å². The minimum atomic E-state index is 0. The average molecular weight is 389 g/mol. The molecule has 0 saturated carbocycles. The first-order valence-corrected chi connectivity index (χ1v) is 9.00. The summed E-state index contributed by atoms with van der Waals surface area (Å²) in [6, 6.07) is 13.6. The third kappa shape index (κ3) is 5.96. The van der Waals surface area contributed by atoms with Crippen LogP contribution in [-0.4, -0.2) is 53.8 Å². The number of piperazine rings is 1. The number of hydrogen-bond acceptors (Lipinski definition) is 5. The molecule has 1 aliphatic heterocycles. The van der Waals surface area contributed by atoms with Crippen molar-refractivity contribution in [1.29, 1.82) is 0 Å². The van der Waals surface area contributed by atoms with Crippen LogP contribution in [0.4, 0.5) is 5.82 Å². The second-order valence-electron chi connectivity index (χ2n) is 6.13. The van der Waals surface area contributed by atoms with Crippen LogP contribution in [0, 0.1) is 0 Å². The summed E-state index contributed by atoms with van der Waals surface area (Å²) >= 11 is 0. The Morgan fingerprint density at radius 2 is 1.81 bits per heavy atom. The number of anilines is 1. The fourth-order valence-electron chi connectivity index (χ4n) is 2.76. The van der Waals surface area contributed by atoms with Crippen molar-refractivity contribution in [2.45, 2.75) is 13.3 Å². The van der Waals surface area contributed by atoms with E-state index in [-0.39, 0.29) is 18.3 Å². The molecule has 2 aromatic rings. The van der Waals surface area contributed by atoms with E-state index in [1.807, 2.05) is 53.4 Å². The molecular formula is C20H25ClN4O2. The highest BCUT2D eigenvalue weighted by molar-refractivity contribution is 5.91. The Hall–Kier alpha value is -2.60. The molecule has 0 unspecified atom stereocenters. The number of halogens is 1. The van der Waals surface area contributed by atoms with Crippen molar-refractivity contribution in [3.8, 4) is 5.88 Å².